The zero-order valence-electron chi connectivity index (χ0n) is 13.7. The topological polar surface area (TPSA) is 66.9 Å². The summed E-state index contributed by atoms with van der Waals surface area (Å²) in [5.74, 6) is 0.242. The van der Waals surface area contributed by atoms with Crippen molar-refractivity contribution in [1.29, 1.82) is 0 Å². The molecule has 24 heavy (non-hydrogen) atoms. The molecule has 1 aliphatic carbocycles. The number of carbonyl (C=O) groups excluding carboxylic acids is 1. The molecule has 0 saturated heterocycles. The fraction of sp³-hybridized carbons (Fsp3) is 0.389. The molecule has 126 valence electrons. The van der Waals surface area contributed by atoms with Gasteiger partial charge in [0.05, 0.1) is 0 Å². The molecular formula is C18H21ClN4O. The van der Waals surface area contributed by atoms with Crippen molar-refractivity contribution in [3.63, 3.8) is 0 Å². The van der Waals surface area contributed by atoms with Crippen LogP contribution in [0.1, 0.15) is 48.2 Å². The zero-order valence-corrected chi connectivity index (χ0v) is 14.4. The second-order valence-electron chi connectivity index (χ2n) is 6.16. The normalized spacial score (nSPS) is 15.1. The predicted octanol–water partition coefficient (Wildman–Crippen LogP) is 4.44. The Morgan fingerprint density at radius 1 is 1.21 bits per heavy atom. The number of aromatic nitrogens is 2. The highest BCUT2D eigenvalue weighted by molar-refractivity contribution is 6.31. The van der Waals surface area contributed by atoms with Crippen LogP contribution >= 0.6 is 11.6 Å². The lowest BCUT2D eigenvalue weighted by molar-refractivity contribution is 0.102. The van der Waals surface area contributed by atoms with Crippen LogP contribution in [0.3, 0.4) is 0 Å². The van der Waals surface area contributed by atoms with Gasteiger partial charge < -0.3 is 10.6 Å². The van der Waals surface area contributed by atoms with Crippen LogP contribution < -0.4 is 10.6 Å². The van der Waals surface area contributed by atoms with E-state index in [1.54, 1.807) is 24.4 Å². The smallest absolute Gasteiger partial charge is 0.274 e. The first kappa shape index (κ1) is 16.7. The van der Waals surface area contributed by atoms with Crippen molar-refractivity contribution in [2.24, 2.45) is 0 Å². The van der Waals surface area contributed by atoms with Crippen LogP contribution in [-0.2, 0) is 0 Å². The Labute approximate surface area is 146 Å². The summed E-state index contributed by atoms with van der Waals surface area (Å²) in [6.07, 6.45) is 7.61. The molecule has 2 N–H and O–H groups in total. The van der Waals surface area contributed by atoms with Crippen molar-refractivity contribution in [3.05, 3.63) is 46.7 Å². The van der Waals surface area contributed by atoms with E-state index in [-0.39, 0.29) is 5.91 Å². The van der Waals surface area contributed by atoms with Crippen LogP contribution in [0.15, 0.2) is 30.5 Å². The third kappa shape index (κ3) is 4.23. The van der Waals surface area contributed by atoms with Crippen molar-refractivity contribution in [2.75, 3.05) is 10.6 Å². The number of halogens is 1. The van der Waals surface area contributed by atoms with Gasteiger partial charge in [-0.1, -0.05) is 36.9 Å². The van der Waals surface area contributed by atoms with Gasteiger partial charge in [0.2, 0.25) is 5.95 Å². The van der Waals surface area contributed by atoms with Gasteiger partial charge >= 0.3 is 0 Å². The van der Waals surface area contributed by atoms with Crippen LogP contribution in [0.4, 0.5) is 11.6 Å². The SMILES string of the molecule is Cc1ccc(Cl)cc1NC(=O)c1ccnc(NC2CCCCC2)n1. The average molecular weight is 345 g/mol. The van der Waals surface area contributed by atoms with Crippen molar-refractivity contribution in [2.45, 2.75) is 45.1 Å². The molecule has 1 aromatic heterocycles. The first-order valence-corrected chi connectivity index (χ1v) is 8.67. The number of anilines is 2. The summed E-state index contributed by atoms with van der Waals surface area (Å²) < 4.78 is 0. The summed E-state index contributed by atoms with van der Waals surface area (Å²) in [4.78, 5) is 21.0. The molecule has 1 aliphatic rings. The Kier molecular flexibility index (Phi) is 5.30. The van der Waals surface area contributed by atoms with E-state index in [1.165, 1.54) is 19.3 Å². The third-order valence-corrected chi connectivity index (χ3v) is 4.51. The molecule has 1 saturated carbocycles. The van der Waals surface area contributed by atoms with Crippen molar-refractivity contribution in [1.82, 2.24) is 9.97 Å². The van der Waals surface area contributed by atoms with Gasteiger partial charge in [0.15, 0.2) is 0 Å². The molecule has 1 amide bonds. The van der Waals surface area contributed by atoms with Gasteiger partial charge in [0.1, 0.15) is 5.69 Å². The fourth-order valence-electron chi connectivity index (χ4n) is 2.90. The largest absolute Gasteiger partial charge is 0.351 e. The first-order chi connectivity index (χ1) is 11.6. The number of amides is 1. The van der Waals surface area contributed by atoms with Gasteiger partial charge in [-0.25, -0.2) is 9.97 Å². The molecule has 0 aliphatic heterocycles. The molecule has 0 unspecified atom stereocenters. The lowest BCUT2D eigenvalue weighted by atomic mass is 9.96. The lowest BCUT2D eigenvalue weighted by Gasteiger charge is -2.22. The van der Waals surface area contributed by atoms with Gasteiger partial charge in [0, 0.05) is 22.9 Å². The van der Waals surface area contributed by atoms with Crippen LogP contribution in [0.5, 0.6) is 0 Å². The van der Waals surface area contributed by atoms with Gasteiger partial charge in [0.25, 0.3) is 5.91 Å². The predicted molar refractivity (Wildman–Crippen MR) is 96.7 cm³/mol. The molecule has 0 spiro atoms. The highest BCUT2D eigenvalue weighted by Gasteiger charge is 2.16. The summed E-state index contributed by atoms with van der Waals surface area (Å²) in [5, 5.41) is 6.78. The minimum Gasteiger partial charge on any atom is -0.351 e. The van der Waals surface area contributed by atoms with E-state index >= 15 is 0 Å². The standard InChI is InChI=1S/C18H21ClN4O/c1-12-7-8-13(19)11-16(12)22-17(24)15-9-10-20-18(23-15)21-14-5-3-2-4-6-14/h7-11,14H,2-6H2,1H3,(H,22,24)(H,20,21,23). The summed E-state index contributed by atoms with van der Waals surface area (Å²) >= 11 is 5.99. The number of hydrogen-bond acceptors (Lipinski definition) is 4. The highest BCUT2D eigenvalue weighted by atomic mass is 35.5. The van der Waals surface area contributed by atoms with Gasteiger partial charge in [-0.2, -0.15) is 0 Å². The summed E-state index contributed by atoms with van der Waals surface area (Å²) in [5.41, 5.74) is 1.97. The fourth-order valence-corrected chi connectivity index (χ4v) is 3.07. The van der Waals surface area contributed by atoms with E-state index in [2.05, 4.69) is 20.6 Å². The van der Waals surface area contributed by atoms with Crippen LogP contribution in [-0.4, -0.2) is 21.9 Å². The molecule has 0 radical (unpaired) electrons. The first-order valence-electron chi connectivity index (χ1n) is 8.29. The van der Waals surface area contributed by atoms with Crippen molar-refractivity contribution in [3.8, 4) is 0 Å². The Morgan fingerprint density at radius 3 is 2.79 bits per heavy atom. The number of benzene rings is 1. The zero-order chi connectivity index (χ0) is 16.9. The van der Waals surface area contributed by atoms with E-state index in [0.29, 0.717) is 28.4 Å². The van der Waals surface area contributed by atoms with Crippen LogP contribution in [0.2, 0.25) is 5.02 Å². The van der Waals surface area contributed by atoms with Gasteiger partial charge in [-0.15, -0.1) is 0 Å². The average Bonchev–Trinajstić information content (AvgIpc) is 2.59. The minimum absolute atomic E-state index is 0.269. The van der Waals surface area contributed by atoms with Gasteiger partial charge in [-0.05, 0) is 43.5 Å². The molecule has 1 heterocycles. The highest BCUT2D eigenvalue weighted by Crippen LogP contribution is 2.22. The minimum atomic E-state index is -0.269. The molecule has 3 rings (SSSR count). The molecule has 1 aromatic carbocycles. The Hall–Kier alpha value is -2.14. The number of nitrogens with one attached hydrogen (secondary N) is 2. The number of hydrogen-bond donors (Lipinski definition) is 2. The molecule has 2 aromatic rings. The Bertz CT molecular complexity index is 729. The molecule has 1 fully saturated rings. The number of aryl methyl sites for hydroxylation is 1. The van der Waals surface area contributed by atoms with Crippen molar-refractivity contribution >= 4 is 29.1 Å². The van der Waals surface area contributed by atoms with E-state index in [0.717, 1.165) is 18.4 Å². The van der Waals surface area contributed by atoms with Crippen LogP contribution in [0, 0.1) is 6.92 Å². The van der Waals surface area contributed by atoms with E-state index in [1.807, 2.05) is 13.0 Å². The quantitative estimate of drug-likeness (QED) is 0.860. The maximum atomic E-state index is 12.4. The monoisotopic (exact) mass is 344 g/mol. The van der Waals surface area contributed by atoms with E-state index < -0.39 is 0 Å². The number of carbonyl (C=O) groups is 1. The molecule has 0 bridgehead atoms. The molecule has 5 nitrogen and oxygen atoms in total. The van der Waals surface area contributed by atoms with Crippen LogP contribution in [0.25, 0.3) is 0 Å². The second-order valence-corrected chi connectivity index (χ2v) is 6.59. The number of nitrogens with zero attached hydrogens (tertiary/aromatic N) is 2. The summed E-state index contributed by atoms with van der Waals surface area (Å²) in [7, 11) is 0. The van der Waals surface area contributed by atoms with Crippen molar-refractivity contribution < 1.29 is 4.79 Å². The van der Waals surface area contributed by atoms with Gasteiger partial charge in [-0.3, -0.25) is 4.79 Å². The van der Waals surface area contributed by atoms with E-state index in [9.17, 15) is 4.79 Å². The summed E-state index contributed by atoms with van der Waals surface area (Å²) in [6, 6.07) is 7.41. The molecule has 0 atom stereocenters. The molecular weight excluding hydrogens is 324 g/mol. The maximum absolute atomic E-state index is 12.4. The Morgan fingerprint density at radius 2 is 2.00 bits per heavy atom. The lowest BCUT2D eigenvalue weighted by Crippen LogP contribution is -2.24. The second kappa shape index (κ2) is 7.62. The third-order valence-electron chi connectivity index (χ3n) is 4.27. The summed E-state index contributed by atoms with van der Waals surface area (Å²) in [6.45, 7) is 1.92. The molecule has 6 heteroatoms. The Balaban J connectivity index is 1.70. The van der Waals surface area contributed by atoms with E-state index in [4.69, 9.17) is 11.6 Å². The maximum Gasteiger partial charge on any atom is 0.274 e. The number of rotatable bonds is 4.